The molecule has 0 spiro atoms. The topological polar surface area (TPSA) is 49.4 Å². The maximum Gasteiger partial charge on any atom is 0.325 e. The highest BCUT2D eigenvalue weighted by Gasteiger charge is 2.48. The number of imide groups is 1. The number of urea groups is 1. The Balaban J connectivity index is 2.15. The van der Waals surface area contributed by atoms with Crippen molar-refractivity contribution in [2.75, 3.05) is 11.9 Å². The average molecular weight is 345 g/mol. The van der Waals surface area contributed by atoms with Crippen LogP contribution in [0.5, 0.6) is 0 Å². The van der Waals surface area contributed by atoms with E-state index < -0.39 is 5.54 Å². The van der Waals surface area contributed by atoms with Crippen LogP contribution in [0.1, 0.15) is 58.8 Å². The van der Waals surface area contributed by atoms with Crippen molar-refractivity contribution in [1.82, 2.24) is 10.2 Å². The Kier molecular flexibility index (Phi) is 4.77. The Morgan fingerprint density at radius 1 is 1.20 bits per heavy atom. The van der Waals surface area contributed by atoms with Gasteiger partial charge in [0, 0.05) is 11.9 Å². The van der Waals surface area contributed by atoms with E-state index in [0.29, 0.717) is 13.0 Å². The SMILES string of the molecule is CCC1(C)NC(=O)N(CC2(CBr)CCCCCC2)C1=O. The molecule has 114 valence electrons. The molecule has 1 aliphatic carbocycles. The van der Waals surface area contributed by atoms with E-state index in [0.717, 1.165) is 18.2 Å². The molecule has 1 unspecified atom stereocenters. The molecule has 1 heterocycles. The van der Waals surface area contributed by atoms with Gasteiger partial charge < -0.3 is 5.32 Å². The van der Waals surface area contributed by atoms with Crippen molar-refractivity contribution in [3.63, 3.8) is 0 Å². The molecule has 3 amide bonds. The smallest absolute Gasteiger partial charge is 0.323 e. The third-order valence-electron chi connectivity index (χ3n) is 4.99. The molecule has 2 fully saturated rings. The van der Waals surface area contributed by atoms with Gasteiger partial charge in [-0.15, -0.1) is 0 Å². The third-order valence-corrected chi connectivity index (χ3v) is 6.18. The summed E-state index contributed by atoms with van der Waals surface area (Å²) in [6.45, 7) is 4.31. The van der Waals surface area contributed by atoms with E-state index in [1.54, 1.807) is 0 Å². The summed E-state index contributed by atoms with van der Waals surface area (Å²) in [6, 6.07) is -0.219. The van der Waals surface area contributed by atoms with Crippen LogP contribution in [-0.4, -0.2) is 34.3 Å². The first-order chi connectivity index (χ1) is 9.46. The Morgan fingerprint density at radius 2 is 1.80 bits per heavy atom. The van der Waals surface area contributed by atoms with Gasteiger partial charge >= 0.3 is 6.03 Å². The summed E-state index contributed by atoms with van der Waals surface area (Å²) < 4.78 is 0. The van der Waals surface area contributed by atoms with Gasteiger partial charge in [-0.05, 0) is 31.6 Å². The van der Waals surface area contributed by atoms with Gasteiger partial charge in [0.15, 0.2) is 0 Å². The number of carbonyl (C=O) groups excluding carboxylic acids is 2. The summed E-state index contributed by atoms with van der Waals surface area (Å²) >= 11 is 3.63. The molecule has 5 heteroatoms. The largest absolute Gasteiger partial charge is 0.325 e. The molecule has 1 N–H and O–H groups in total. The van der Waals surface area contributed by atoms with Crippen LogP contribution in [0.4, 0.5) is 4.79 Å². The van der Waals surface area contributed by atoms with Gasteiger partial charge in [0.25, 0.3) is 5.91 Å². The van der Waals surface area contributed by atoms with Crippen molar-refractivity contribution in [3.8, 4) is 0 Å². The molecule has 2 rings (SSSR count). The van der Waals surface area contributed by atoms with E-state index in [9.17, 15) is 9.59 Å². The normalized spacial score (nSPS) is 30.2. The summed E-state index contributed by atoms with van der Waals surface area (Å²) in [5.74, 6) is -0.0606. The predicted octanol–water partition coefficient (Wildman–Crippen LogP) is 3.44. The predicted molar refractivity (Wildman–Crippen MR) is 82.9 cm³/mol. The molecule has 0 bridgehead atoms. The van der Waals surface area contributed by atoms with E-state index in [-0.39, 0.29) is 17.4 Å². The van der Waals surface area contributed by atoms with Crippen LogP contribution in [0.25, 0.3) is 0 Å². The summed E-state index contributed by atoms with van der Waals surface area (Å²) in [7, 11) is 0. The lowest BCUT2D eigenvalue weighted by Gasteiger charge is -2.34. The van der Waals surface area contributed by atoms with Crippen LogP contribution in [0.2, 0.25) is 0 Å². The number of hydrogen-bond acceptors (Lipinski definition) is 2. The number of carbonyl (C=O) groups is 2. The quantitative estimate of drug-likeness (QED) is 0.482. The van der Waals surface area contributed by atoms with Crippen LogP contribution < -0.4 is 5.32 Å². The third kappa shape index (κ3) is 2.87. The minimum atomic E-state index is -0.713. The number of nitrogens with zero attached hydrogens (tertiary/aromatic N) is 1. The van der Waals surface area contributed by atoms with E-state index >= 15 is 0 Å². The van der Waals surface area contributed by atoms with Crippen LogP contribution in [-0.2, 0) is 4.79 Å². The maximum atomic E-state index is 12.5. The minimum absolute atomic E-state index is 0.0580. The van der Waals surface area contributed by atoms with Crippen LogP contribution in [0.3, 0.4) is 0 Å². The molecular formula is C15H25BrN2O2. The summed E-state index contributed by atoms with van der Waals surface area (Å²) in [4.78, 5) is 26.1. The Labute approximate surface area is 129 Å². The summed E-state index contributed by atoms with van der Waals surface area (Å²) in [6.07, 6.45) is 7.75. The summed E-state index contributed by atoms with van der Waals surface area (Å²) in [5, 5.41) is 3.71. The molecule has 2 aliphatic rings. The highest BCUT2D eigenvalue weighted by molar-refractivity contribution is 9.09. The fourth-order valence-electron chi connectivity index (χ4n) is 3.28. The second kappa shape index (κ2) is 6.04. The standard InChI is InChI=1S/C15H25BrN2O2/c1-3-14(2)12(19)18(13(20)17-14)11-15(10-16)8-6-4-5-7-9-15/h3-11H2,1-2H3,(H,17,20). The van der Waals surface area contributed by atoms with Crippen molar-refractivity contribution < 1.29 is 9.59 Å². The number of rotatable bonds is 4. The molecule has 1 atom stereocenters. The fourth-order valence-corrected chi connectivity index (χ4v) is 4.02. The van der Waals surface area contributed by atoms with Crippen LogP contribution >= 0.6 is 15.9 Å². The van der Waals surface area contributed by atoms with Gasteiger partial charge in [-0.2, -0.15) is 0 Å². The van der Waals surface area contributed by atoms with Crippen LogP contribution in [0.15, 0.2) is 0 Å². The first kappa shape index (κ1) is 15.8. The number of alkyl halides is 1. The molecular weight excluding hydrogens is 320 g/mol. The van der Waals surface area contributed by atoms with Crippen molar-refractivity contribution in [2.45, 2.75) is 64.3 Å². The summed E-state index contributed by atoms with van der Waals surface area (Å²) in [5.41, 5.74) is -0.655. The number of hydrogen-bond donors (Lipinski definition) is 1. The van der Waals surface area contributed by atoms with Gasteiger partial charge in [-0.1, -0.05) is 48.5 Å². The van der Waals surface area contributed by atoms with Gasteiger partial charge in [0.2, 0.25) is 0 Å². The van der Waals surface area contributed by atoms with E-state index in [1.165, 1.54) is 30.6 Å². The molecule has 0 radical (unpaired) electrons. The lowest BCUT2D eigenvalue weighted by molar-refractivity contribution is -0.132. The van der Waals surface area contributed by atoms with E-state index in [1.807, 2.05) is 13.8 Å². The molecule has 4 nitrogen and oxygen atoms in total. The molecule has 0 aromatic carbocycles. The van der Waals surface area contributed by atoms with Gasteiger partial charge in [0.1, 0.15) is 5.54 Å². The van der Waals surface area contributed by atoms with Crippen molar-refractivity contribution in [1.29, 1.82) is 0 Å². The zero-order valence-electron chi connectivity index (χ0n) is 12.5. The molecule has 0 aromatic heterocycles. The van der Waals surface area contributed by atoms with Crippen molar-refractivity contribution >= 4 is 27.9 Å². The van der Waals surface area contributed by atoms with Crippen LogP contribution in [0, 0.1) is 5.41 Å². The first-order valence-corrected chi connectivity index (χ1v) is 8.79. The highest BCUT2D eigenvalue weighted by Crippen LogP contribution is 2.38. The lowest BCUT2D eigenvalue weighted by Crippen LogP contribution is -2.45. The number of halogens is 1. The highest BCUT2D eigenvalue weighted by atomic mass is 79.9. The average Bonchev–Trinajstić information content (AvgIpc) is 2.65. The number of nitrogens with one attached hydrogen (secondary N) is 1. The fraction of sp³-hybridized carbons (Fsp3) is 0.867. The maximum absolute atomic E-state index is 12.5. The molecule has 20 heavy (non-hydrogen) atoms. The molecule has 1 aliphatic heterocycles. The molecule has 1 saturated carbocycles. The lowest BCUT2D eigenvalue weighted by atomic mass is 9.82. The first-order valence-electron chi connectivity index (χ1n) is 7.66. The van der Waals surface area contributed by atoms with Gasteiger partial charge in [0.05, 0.1) is 0 Å². The monoisotopic (exact) mass is 344 g/mol. The zero-order chi connectivity index (χ0) is 14.8. The Bertz CT molecular complexity index is 391. The van der Waals surface area contributed by atoms with Crippen molar-refractivity contribution in [3.05, 3.63) is 0 Å². The Morgan fingerprint density at radius 3 is 2.25 bits per heavy atom. The van der Waals surface area contributed by atoms with E-state index in [4.69, 9.17) is 0 Å². The zero-order valence-corrected chi connectivity index (χ0v) is 14.1. The second-order valence-corrected chi connectivity index (χ2v) is 7.12. The van der Waals surface area contributed by atoms with Gasteiger partial charge in [-0.3, -0.25) is 9.69 Å². The number of amides is 3. The molecule has 0 aromatic rings. The minimum Gasteiger partial charge on any atom is -0.323 e. The van der Waals surface area contributed by atoms with Gasteiger partial charge in [-0.25, -0.2) is 4.79 Å². The Hall–Kier alpha value is -0.580. The molecule has 1 saturated heterocycles. The van der Waals surface area contributed by atoms with Crippen molar-refractivity contribution in [2.24, 2.45) is 5.41 Å². The van der Waals surface area contributed by atoms with E-state index in [2.05, 4.69) is 21.2 Å². The second-order valence-electron chi connectivity index (χ2n) is 6.55.